The Balaban J connectivity index is 2.05. The second-order valence-electron chi connectivity index (χ2n) is 5.69. The van der Waals surface area contributed by atoms with Gasteiger partial charge in [-0.3, -0.25) is 4.79 Å². The van der Waals surface area contributed by atoms with Crippen LogP contribution in [-0.4, -0.2) is 18.6 Å². The molecule has 0 aliphatic rings. The number of amides is 1. The number of benzene rings is 2. The third kappa shape index (κ3) is 5.30. The zero-order chi connectivity index (χ0) is 17.4. The molecule has 0 saturated carbocycles. The van der Waals surface area contributed by atoms with E-state index >= 15 is 0 Å². The molecule has 0 aromatic heterocycles. The Morgan fingerprint density at radius 1 is 1.08 bits per heavy atom. The van der Waals surface area contributed by atoms with Gasteiger partial charge in [0.2, 0.25) is 0 Å². The highest BCUT2D eigenvalue weighted by Gasteiger charge is 2.09. The van der Waals surface area contributed by atoms with E-state index in [2.05, 4.69) is 12.2 Å². The van der Waals surface area contributed by atoms with Crippen LogP contribution >= 0.6 is 0 Å². The lowest BCUT2D eigenvalue weighted by Crippen LogP contribution is -2.13. The molecule has 0 radical (unpaired) electrons. The second kappa shape index (κ2) is 8.96. The molecule has 0 heterocycles. The molecule has 0 saturated heterocycles. The summed E-state index contributed by atoms with van der Waals surface area (Å²) in [6, 6.07) is 14.6. The first-order valence-corrected chi connectivity index (χ1v) is 8.43. The van der Waals surface area contributed by atoms with Crippen molar-refractivity contribution >= 4 is 11.6 Å². The van der Waals surface area contributed by atoms with Crippen LogP contribution in [-0.2, 0) is 0 Å². The number of rotatable bonds is 8. The quantitative estimate of drug-likeness (QED) is 0.750. The average molecular weight is 327 g/mol. The average Bonchev–Trinajstić information content (AvgIpc) is 2.60. The minimum Gasteiger partial charge on any atom is -0.494 e. The van der Waals surface area contributed by atoms with Crippen molar-refractivity contribution in [2.45, 2.75) is 39.7 Å². The first kappa shape index (κ1) is 17.9. The van der Waals surface area contributed by atoms with Gasteiger partial charge in [0.15, 0.2) is 0 Å². The number of carbonyl (C=O) groups excluding carboxylic acids is 1. The maximum Gasteiger partial charge on any atom is 0.255 e. The minimum absolute atomic E-state index is 0.142. The SMILES string of the molecule is CCCOc1cccc(C(=O)Nc2cccc(OC(C)CC)c2)c1. The monoisotopic (exact) mass is 327 g/mol. The molecule has 0 spiro atoms. The van der Waals surface area contributed by atoms with Crippen molar-refractivity contribution in [2.75, 3.05) is 11.9 Å². The largest absolute Gasteiger partial charge is 0.494 e. The Bertz CT molecular complexity index is 669. The van der Waals surface area contributed by atoms with Crippen molar-refractivity contribution in [3.8, 4) is 11.5 Å². The molecule has 0 aliphatic carbocycles. The van der Waals surface area contributed by atoms with Gasteiger partial charge in [0, 0.05) is 17.3 Å². The van der Waals surface area contributed by atoms with Crippen LogP contribution in [0, 0.1) is 0 Å². The predicted octanol–water partition coefficient (Wildman–Crippen LogP) is 4.91. The van der Waals surface area contributed by atoms with Crippen LogP contribution in [0.5, 0.6) is 11.5 Å². The lowest BCUT2D eigenvalue weighted by Gasteiger charge is -2.14. The number of ether oxygens (including phenoxy) is 2. The van der Waals surface area contributed by atoms with Gasteiger partial charge in [-0.25, -0.2) is 0 Å². The van der Waals surface area contributed by atoms with E-state index in [9.17, 15) is 4.79 Å². The molecule has 24 heavy (non-hydrogen) atoms. The maximum absolute atomic E-state index is 12.4. The fourth-order valence-electron chi connectivity index (χ4n) is 2.11. The number of anilines is 1. The van der Waals surface area contributed by atoms with Crippen molar-refractivity contribution in [3.05, 3.63) is 54.1 Å². The molecule has 1 atom stereocenters. The molecule has 0 bridgehead atoms. The van der Waals surface area contributed by atoms with Crippen LogP contribution in [0.2, 0.25) is 0 Å². The van der Waals surface area contributed by atoms with Crippen molar-refractivity contribution in [3.63, 3.8) is 0 Å². The zero-order valence-electron chi connectivity index (χ0n) is 14.5. The van der Waals surface area contributed by atoms with Crippen molar-refractivity contribution < 1.29 is 14.3 Å². The predicted molar refractivity (Wildman–Crippen MR) is 97.0 cm³/mol. The van der Waals surface area contributed by atoms with Crippen LogP contribution in [0.25, 0.3) is 0 Å². The van der Waals surface area contributed by atoms with Gasteiger partial charge >= 0.3 is 0 Å². The third-order valence-corrected chi connectivity index (χ3v) is 3.57. The number of hydrogen-bond acceptors (Lipinski definition) is 3. The van der Waals surface area contributed by atoms with Gasteiger partial charge in [0.05, 0.1) is 12.7 Å². The summed E-state index contributed by atoms with van der Waals surface area (Å²) >= 11 is 0. The summed E-state index contributed by atoms with van der Waals surface area (Å²) in [4.78, 5) is 12.4. The molecular weight excluding hydrogens is 302 g/mol. The van der Waals surface area contributed by atoms with Gasteiger partial charge in [-0.2, -0.15) is 0 Å². The fourth-order valence-corrected chi connectivity index (χ4v) is 2.11. The third-order valence-electron chi connectivity index (χ3n) is 3.57. The molecule has 0 fully saturated rings. The van der Waals surface area contributed by atoms with Gasteiger partial charge in [0.1, 0.15) is 11.5 Å². The second-order valence-corrected chi connectivity index (χ2v) is 5.69. The molecule has 2 rings (SSSR count). The Morgan fingerprint density at radius 2 is 1.83 bits per heavy atom. The normalized spacial score (nSPS) is 11.6. The molecule has 1 amide bonds. The molecule has 128 valence electrons. The van der Waals surface area contributed by atoms with Crippen LogP contribution in [0.3, 0.4) is 0 Å². The highest BCUT2D eigenvalue weighted by molar-refractivity contribution is 6.04. The fraction of sp³-hybridized carbons (Fsp3) is 0.350. The molecule has 2 aromatic carbocycles. The zero-order valence-corrected chi connectivity index (χ0v) is 14.5. The maximum atomic E-state index is 12.4. The summed E-state index contributed by atoms with van der Waals surface area (Å²) < 4.78 is 11.4. The molecule has 1 N–H and O–H groups in total. The summed E-state index contributed by atoms with van der Waals surface area (Å²) in [5.41, 5.74) is 1.28. The molecule has 1 unspecified atom stereocenters. The van der Waals surface area contributed by atoms with E-state index in [4.69, 9.17) is 9.47 Å². The van der Waals surface area contributed by atoms with Crippen LogP contribution in [0.15, 0.2) is 48.5 Å². The molecular formula is C20H25NO3. The van der Waals surface area contributed by atoms with E-state index in [1.165, 1.54) is 0 Å². The Morgan fingerprint density at radius 3 is 2.58 bits per heavy atom. The smallest absolute Gasteiger partial charge is 0.255 e. The van der Waals surface area contributed by atoms with Crippen molar-refractivity contribution in [1.29, 1.82) is 0 Å². The number of hydrogen-bond donors (Lipinski definition) is 1. The summed E-state index contributed by atoms with van der Waals surface area (Å²) in [6.45, 7) is 6.78. The number of carbonyl (C=O) groups is 1. The lowest BCUT2D eigenvalue weighted by atomic mass is 10.2. The first-order chi connectivity index (χ1) is 11.6. The van der Waals surface area contributed by atoms with Gasteiger partial charge in [-0.05, 0) is 50.1 Å². The van der Waals surface area contributed by atoms with Crippen LogP contribution < -0.4 is 14.8 Å². The van der Waals surface area contributed by atoms with Gasteiger partial charge in [-0.15, -0.1) is 0 Å². The molecule has 2 aromatic rings. The topological polar surface area (TPSA) is 47.6 Å². The van der Waals surface area contributed by atoms with E-state index in [0.29, 0.717) is 23.6 Å². The first-order valence-electron chi connectivity index (χ1n) is 8.43. The summed E-state index contributed by atoms with van der Waals surface area (Å²) in [5.74, 6) is 1.29. The van der Waals surface area contributed by atoms with Gasteiger partial charge in [-0.1, -0.05) is 26.0 Å². The van der Waals surface area contributed by atoms with Crippen LogP contribution in [0.1, 0.15) is 44.0 Å². The van der Waals surface area contributed by atoms with Gasteiger partial charge in [0.25, 0.3) is 5.91 Å². The highest BCUT2D eigenvalue weighted by Crippen LogP contribution is 2.21. The Labute approximate surface area is 143 Å². The van der Waals surface area contributed by atoms with E-state index in [0.717, 1.165) is 18.6 Å². The minimum atomic E-state index is -0.169. The standard InChI is InChI=1S/C20H25NO3/c1-4-12-23-18-10-6-8-16(13-18)20(22)21-17-9-7-11-19(14-17)24-15(3)5-2/h6-11,13-15H,4-5,12H2,1-3H3,(H,21,22). The molecule has 0 aliphatic heterocycles. The Kier molecular flexibility index (Phi) is 6.67. The summed E-state index contributed by atoms with van der Waals surface area (Å²) in [7, 11) is 0. The summed E-state index contributed by atoms with van der Waals surface area (Å²) in [5, 5.41) is 2.90. The number of nitrogens with one attached hydrogen (secondary N) is 1. The van der Waals surface area contributed by atoms with E-state index in [1.54, 1.807) is 12.1 Å². The van der Waals surface area contributed by atoms with E-state index in [1.807, 2.05) is 50.2 Å². The van der Waals surface area contributed by atoms with Crippen LogP contribution in [0.4, 0.5) is 5.69 Å². The molecule has 4 heteroatoms. The van der Waals surface area contributed by atoms with Gasteiger partial charge < -0.3 is 14.8 Å². The Hall–Kier alpha value is -2.49. The highest BCUT2D eigenvalue weighted by atomic mass is 16.5. The van der Waals surface area contributed by atoms with E-state index < -0.39 is 0 Å². The lowest BCUT2D eigenvalue weighted by molar-refractivity contribution is 0.102. The summed E-state index contributed by atoms with van der Waals surface area (Å²) in [6.07, 6.45) is 2.00. The molecule has 4 nitrogen and oxygen atoms in total. The van der Waals surface area contributed by atoms with Crippen molar-refractivity contribution in [1.82, 2.24) is 0 Å². The van der Waals surface area contributed by atoms with Crippen molar-refractivity contribution in [2.24, 2.45) is 0 Å². The van der Waals surface area contributed by atoms with E-state index in [-0.39, 0.29) is 12.0 Å².